The number of rotatable bonds is 3. The van der Waals surface area contributed by atoms with Gasteiger partial charge in [-0.05, 0) is 11.1 Å². The lowest BCUT2D eigenvalue weighted by atomic mass is 10.1. The molecule has 0 bridgehead atoms. The van der Waals surface area contributed by atoms with Gasteiger partial charge >= 0.3 is 0 Å². The molecule has 1 aromatic rings. The van der Waals surface area contributed by atoms with E-state index in [-0.39, 0.29) is 5.75 Å². The molecule has 70 valence electrons. The highest BCUT2D eigenvalue weighted by Crippen LogP contribution is 2.08. The molecule has 0 amide bonds. The van der Waals surface area contributed by atoms with Crippen molar-refractivity contribution in [1.29, 1.82) is 0 Å². The zero-order valence-electron chi connectivity index (χ0n) is 6.97. The van der Waals surface area contributed by atoms with Crippen LogP contribution in [0.4, 0.5) is 0 Å². The van der Waals surface area contributed by atoms with Crippen molar-refractivity contribution in [1.82, 2.24) is 0 Å². The lowest BCUT2D eigenvalue weighted by Gasteiger charge is -1.99. The highest BCUT2D eigenvalue weighted by atomic mass is 32.2. The summed E-state index contributed by atoms with van der Waals surface area (Å²) in [5.41, 5.74) is 1.39. The number of benzene rings is 1. The van der Waals surface area contributed by atoms with Crippen molar-refractivity contribution in [2.24, 2.45) is 0 Å². The summed E-state index contributed by atoms with van der Waals surface area (Å²) in [4.78, 5) is 0. The maximum atomic E-state index is 10.5. The van der Waals surface area contributed by atoms with E-state index in [1.807, 2.05) is 0 Å². The topological polar surface area (TPSA) is 54.4 Å². The van der Waals surface area contributed by atoms with Crippen LogP contribution in [0, 0.1) is 0 Å². The van der Waals surface area contributed by atoms with Crippen LogP contribution in [-0.4, -0.2) is 13.0 Å². The highest BCUT2D eigenvalue weighted by molar-refractivity contribution is 7.85. The molecule has 1 N–H and O–H groups in total. The Labute approximate surface area is 77.5 Å². The third kappa shape index (κ3) is 3.40. The second kappa shape index (κ2) is 3.72. The van der Waals surface area contributed by atoms with Crippen molar-refractivity contribution in [3.63, 3.8) is 0 Å². The zero-order chi connectivity index (χ0) is 9.90. The molecule has 0 aliphatic heterocycles. The molecule has 0 heterocycles. The van der Waals surface area contributed by atoms with Crippen molar-refractivity contribution in [2.75, 3.05) is 0 Å². The first kappa shape index (κ1) is 9.95. The Morgan fingerprint density at radius 2 is 2.15 bits per heavy atom. The van der Waals surface area contributed by atoms with Crippen LogP contribution in [0.3, 0.4) is 0 Å². The standard InChI is InChI=1S/C9H10O3S/c1-2-8-4-3-5-9(6-8)7-13(10,11)12/h2-6H,1,7H2,(H,10,11,12). The van der Waals surface area contributed by atoms with E-state index in [0.717, 1.165) is 5.56 Å². The van der Waals surface area contributed by atoms with Gasteiger partial charge in [0.15, 0.2) is 0 Å². The Balaban J connectivity index is 2.96. The van der Waals surface area contributed by atoms with E-state index in [0.29, 0.717) is 5.56 Å². The maximum Gasteiger partial charge on any atom is 0.269 e. The second-order valence-corrected chi connectivity index (χ2v) is 4.13. The second-order valence-electron chi connectivity index (χ2n) is 2.68. The molecular formula is C9H10O3S. The lowest BCUT2D eigenvalue weighted by molar-refractivity contribution is 0.482. The molecule has 1 aromatic carbocycles. The van der Waals surface area contributed by atoms with Gasteiger partial charge in [-0.2, -0.15) is 8.42 Å². The molecule has 0 saturated heterocycles. The Kier molecular flexibility index (Phi) is 2.85. The minimum absolute atomic E-state index is 0.353. The van der Waals surface area contributed by atoms with E-state index in [1.54, 1.807) is 30.3 Å². The van der Waals surface area contributed by atoms with Crippen molar-refractivity contribution in [3.8, 4) is 0 Å². The van der Waals surface area contributed by atoms with E-state index in [1.165, 1.54) is 0 Å². The summed E-state index contributed by atoms with van der Waals surface area (Å²) in [7, 11) is -3.94. The quantitative estimate of drug-likeness (QED) is 0.752. The fraction of sp³-hybridized carbons (Fsp3) is 0.111. The minimum atomic E-state index is -3.94. The van der Waals surface area contributed by atoms with E-state index in [2.05, 4.69) is 6.58 Å². The number of hydrogen-bond donors (Lipinski definition) is 1. The predicted octanol–water partition coefficient (Wildman–Crippen LogP) is 1.72. The normalized spacial score (nSPS) is 11.2. The molecular weight excluding hydrogens is 188 g/mol. The van der Waals surface area contributed by atoms with Gasteiger partial charge in [-0.1, -0.05) is 36.9 Å². The summed E-state index contributed by atoms with van der Waals surface area (Å²) >= 11 is 0. The Morgan fingerprint density at radius 1 is 1.46 bits per heavy atom. The zero-order valence-corrected chi connectivity index (χ0v) is 7.79. The Hall–Kier alpha value is -1.13. The maximum absolute atomic E-state index is 10.5. The molecule has 0 unspecified atom stereocenters. The van der Waals surface area contributed by atoms with Crippen LogP contribution in [-0.2, 0) is 15.9 Å². The van der Waals surface area contributed by atoms with Crippen LogP contribution in [0.25, 0.3) is 6.08 Å². The SMILES string of the molecule is C=Cc1cccc(CS(=O)(=O)O)c1. The average molecular weight is 198 g/mol. The molecule has 0 saturated carbocycles. The molecule has 0 aromatic heterocycles. The van der Waals surface area contributed by atoms with Gasteiger partial charge in [-0.15, -0.1) is 0 Å². The molecule has 0 atom stereocenters. The number of hydrogen-bond acceptors (Lipinski definition) is 2. The molecule has 4 heteroatoms. The third-order valence-electron chi connectivity index (χ3n) is 1.54. The lowest BCUT2D eigenvalue weighted by Crippen LogP contribution is -2.01. The van der Waals surface area contributed by atoms with E-state index in [9.17, 15) is 8.42 Å². The Morgan fingerprint density at radius 3 is 2.69 bits per heavy atom. The fourth-order valence-electron chi connectivity index (χ4n) is 1.02. The van der Waals surface area contributed by atoms with Crippen molar-refractivity contribution < 1.29 is 13.0 Å². The van der Waals surface area contributed by atoms with Crippen molar-refractivity contribution >= 4 is 16.2 Å². The smallest absolute Gasteiger partial charge is 0.269 e. The van der Waals surface area contributed by atoms with Crippen LogP contribution in [0.15, 0.2) is 30.8 Å². The van der Waals surface area contributed by atoms with Crippen LogP contribution < -0.4 is 0 Å². The molecule has 1 rings (SSSR count). The molecule has 0 fully saturated rings. The molecule has 3 nitrogen and oxygen atoms in total. The summed E-state index contributed by atoms with van der Waals surface area (Å²) in [5, 5.41) is 0. The predicted molar refractivity (Wildman–Crippen MR) is 51.8 cm³/mol. The minimum Gasteiger partial charge on any atom is -0.285 e. The summed E-state index contributed by atoms with van der Waals surface area (Å²) < 4.78 is 29.6. The van der Waals surface area contributed by atoms with Crippen LogP contribution >= 0.6 is 0 Å². The van der Waals surface area contributed by atoms with Gasteiger partial charge < -0.3 is 0 Å². The largest absolute Gasteiger partial charge is 0.285 e. The fourth-order valence-corrected chi connectivity index (χ4v) is 1.62. The van der Waals surface area contributed by atoms with E-state index < -0.39 is 10.1 Å². The third-order valence-corrected chi connectivity index (χ3v) is 2.23. The molecule has 0 aliphatic rings. The van der Waals surface area contributed by atoms with Crippen LogP contribution in [0.1, 0.15) is 11.1 Å². The van der Waals surface area contributed by atoms with Gasteiger partial charge in [0, 0.05) is 0 Å². The van der Waals surface area contributed by atoms with Crippen molar-refractivity contribution in [3.05, 3.63) is 42.0 Å². The van der Waals surface area contributed by atoms with Gasteiger partial charge in [-0.25, -0.2) is 0 Å². The first-order valence-electron chi connectivity index (χ1n) is 3.68. The van der Waals surface area contributed by atoms with Gasteiger partial charge in [-0.3, -0.25) is 4.55 Å². The molecule has 0 radical (unpaired) electrons. The van der Waals surface area contributed by atoms with Crippen LogP contribution in [0.5, 0.6) is 0 Å². The molecule has 0 spiro atoms. The molecule has 0 aliphatic carbocycles. The van der Waals surface area contributed by atoms with Gasteiger partial charge in [0.25, 0.3) is 10.1 Å². The molecule has 13 heavy (non-hydrogen) atoms. The van der Waals surface area contributed by atoms with E-state index in [4.69, 9.17) is 4.55 Å². The van der Waals surface area contributed by atoms with Gasteiger partial charge in [0.05, 0.1) is 0 Å². The first-order chi connectivity index (χ1) is 6.01. The summed E-state index contributed by atoms with van der Waals surface area (Å²) in [5.74, 6) is -0.353. The Bertz CT molecular complexity index is 407. The highest BCUT2D eigenvalue weighted by Gasteiger charge is 2.05. The van der Waals surface area contributed by atoms with Gasteiger partial charge in [0.1, 0.15) is 5.75 Å². The monoisotopic (exact) mass is 198 g/mol. The first-order valence-corrected chi connectivity index (χ1v) is 5.29. The van der Waals surface area contributed by atoms with Gasteiger partial charge in [0.2, 0.25) is 0 Å². The van der Waals surface area contributed by atoms with E-state index >= 15 is 0 Å². The van der Waals surface area contributed by atoms with Crippen molar-refractivity contribution in [2.45, 2.75) is 5.75 Å². The summed E-state index contributed by atoms with van der Waals surface area (Å²) in [6.07, 6.45) is 1.62. The summed E-state index contributed by atoms with van der Waals surface area (Å²) in [6.45, 7) is 3.56. The van der Waals surface area contributed by atoms with Crippen LogP contribution in [0.2, 0.25) is 0 Å². The average Bonchev–Trinajstić information content (AvgIpc) is 2.01. The summed E-state index contributed by atoms with van der Waals surface area (Å²) in [6, 6.07) is 6.83.